The molecule has 0 aliphatic heterocycles. The van der Waals surface area contributed by atoms with Gasteiger partial charge in [-0.15, -0.1) is 0 Å². The number of ether oxygens (including phenoxy) is 3. The molecule has 2 rings (SSSR count). The first-order chi connectivity index (χ1) is 9.31. The lowest BCUT2D eigenvalue weighted by molar-refractivity contribution is 0.0511. The van der Waals surface area contributed by atoms with Crippen molar-refractivity contribution < 1.29 is 14.2 Å². The molecule has 0 aliphatic carbocycles. The topological polar surface area (TPSA) is 27.7 Å². The van der Waals surface area contributed by atoms with Crippen molar-refractivity contribution in [1.29, 1.82) is 0 Å². The maximum Gasteiger partial charge on any atom is 0.188 e. The van der Waals surface area contributed by atoms with Gasteiger partial charge in [-0.2, -0.15) is 0 Å². The Labute approximate surface area is 113 Å². The Morgan fingerprint density at radius 1 is 0.737 bits per heavy atom. The Kier molecular flexibility index (Phi) is 4.81. The van der Waals surface area contributed by atoms with Crippen LogP contribution in [-0.2, 0) is 11.2 Å². The lowest BCUT2D eigenvalue weighted by atomic mass is 10.0. The second kappa shape index (κ2) is 6.81. The maximum atomic E-state index is 5.35. The predicted molar refractivity (Wildman–Crippen MR) is 74.7 cm³/mol. The Hall–Kier alpha value is -2.00. The highest BCUT2D eigenvalue weighted by Crippen LogP contribution is 2.17. The van der Waals surface area contributed by atoms with Crippen molar-refractivity contribution in [3.8, 4) is 11.5 Å². The second-order valence-corrected chi connectivity index (χ2v) is 4.22. The molecular formula is C16H18O3. The number of benzene rings is 2. The number of hydrogen-bond donors (Lipinski definition) is 0. The van der Waals surface area contributed by atoms with Crippen LogP contribution in [0.2, 0.25) is 0 Å². The SMILES string of the molecule is COCOc1ccc(Cc2ccc(OC)cc2)cc1. The van der Waals surface area contributed by atoms with E-state index in [0.29, 0.717) is 0 Å². The summed E-state index contributed by atoms with van der Waals surface area (Å²) in [6, 6.07) is 16.2. The summed E-state index contributed by atoms with van der Waals surface area (Å²) in [5.41, 5.74) is 2.50. The van der Waals surface area contributed by atoms with Crippen LogP contribution in [0.3, 0.4) is 0 Å². The van der Waals surface area contributed by atoms with Crippen LogP contribution in [0, 0.1) is 0 Å². The minimum atomic E-state index is 0.276. The van der Waals surface area contributed by atoms with Crippen LogP contribution in [0.1, 0.15) is 11.1 Å². The molecular weight excluding hydrogens is 240 g/mol. The van der Waals surface area contributed by atoms with Crippen molar-refractivity contribution in [2.75, 3.05) is 21.0 Å². The van der Waals surface area contributed by atoms with E-state index < -0.39 is 0 Å². The van der Waals surface area contributed by atoms with Crippen molar-refractivity contribution in [2.24, 2.45) is 0 Å². The standard InChI is InChI=1S/C16H18O3/c1-17-12-19-16-9-5-14(6-10-16)11-13-3-7-15(18-2)8-4-13/h3-10H,11-12H2,1-2H3. The van der Waals surface area contributed by atoms with Crippen molar-refractivity contribution in [2.45, 2.75) is 6.42 Å². The molecule has 0 amide bonds. The van der Waals surface area contributed by atoms with Crippen molar-refractivity contribution in [1.82, 2.24) is 0 Å². The minimum Gasteiger partial charge on any atom is -0.497 e. The zero-order valence-electron chi connectivity index (χ0n) is 11.3. The van der Waals surface area contributed by atoms with E-state index in [-0.39, 0.29) is 6.79 Å². The van der Waals surface area contributed by atoms with Gasteiger partial charge in [-0.25, -0.2) is 0 Å². The van der Waals surface area contributed by atoms with E-state index >= 15 is 0 Å². The van der Waals surface area contributed by atoms with E-state index in [1.165, 1.54) is 11.1 Å². The quantitative estimate of drug-likeness (QED) is 0.744. The number of rotatable bonds is 6. The fourth-order valence-electron chi connectivity index (χ4n) is 1.81. The summed E-state index contributed by atoms with van der Waals surface area (Å²) in [5, 5.41) is 0. The molecule has 2 aromatic rings. The summed E-state index contributed by atoms with van der Waals surface area (Å²) in [6.45, 7) is 0.276. The van der Waals surface area contributed by atoms with Crippen LogP contribution in [0.15, 0.2) is 48.5 Å². The van der Waals surface area contributed by atoms with Gasteiger partial charge in [0, 0.05) is 7.11 Å². The molecule has 0 radical (unpaired) electrons. The van der Waals surface area contributed by atoms with E-state index in [1.807, 2.05) is 24.3 Å². The second-order valence-electron chi connectivity index (χ2n) is 4.22. The summed E-state index contributed by atoms with van der Waals surface area (Å²) in [5.74, 6) is 1.70. The van der Waals surface area contributed by atoms with Gasteiger partial charge in [0.2, 0.25) is 0 Å². The molecule has 3 nitrogen and oxygen atoms in total. The largest absolute Gasteiger partial charge is 0.497 e. The molecule has 0 unspecified atom stereocenters. The van der Waals surface area contributed by atoms with E-state index in [2.05, 4.69) is 24.3 Å². The fourth-order valence-corrected chi connectivity index (χ4v) is 1.81. The van der Waals surface area contributed by atoms with Crippen molar-refractivity contribution >= 4 is 0 Å². The Morgan fingerprint density at radius 2 is 1.26 bits per heavy atom. The average Bonchev–Trinajstić information content (AvgIpc) is 2.47. The molecule has 19 heavy (non-hydrogen) atoms. The summed E-state index contributed by atoms with van der Waals surface area (Å²) in [4.78, 5) is 0. The van der Waals surface area contributed by atoms with Crippen LogP contribution >= 0.6 is 0 Å². The first kappa shape index (κ1) is 13.4. The van der Waals surface area contributed by atoms with Crippen LogP contribution in [-0.4, -0.2) is 21.0 Å². The molecule has 0 atom stereocenters. The first-order valence-electron chi connectivity index (χ1n) is 6.15. The molecule has 0 N–H and O–H groups in total. The van der Waals surface area contributed by atoms with Gasteiger partial charge in [0.05, 0.1) is 7.11 Å². The van der Waals surface area contributed by atoms with Gasteiger partial charge < -0.3 is 14.2 Å². The molecule has 0 bridgehead atoms. The third kappa shape index (κ3) is 4.00. The predicted octanol–water partition coefficient (Wildman–Crippen LogP) is 3.27. The highest BCUT2D eigenvalue weighted by Gasteiger charge is 1.99. The molecule has 100 valence electrons. The lowest BCUT2D eigenvalue weighted by Crippen LogP contribution is -1.98. The fraction of sp³-hybridized carbons (Fsp3) is 0.250. The lowest BCUT2D eigenvalue weighted by Gasteiger charge is -2.07. The van der Waals surface area contributed by atoms with Gasteiger partial charge in [0.1, 0.15) is 11.5 Å². The van der Waals surface area contributed by atoms with Crippen LogP contribution in [0.25, 0.3) is 0 Å². The van der Waals surface area contributed by atoms with Gasteiger partial charge in [-0.05, 0) is 41.8 Å². The third-order valence-electron chi connectivity index (χ3n) is 2.83. The molecule has 0 fully saturated rings. The van der Waals surface area contributed by atoms with Crippen molar-refractivity contribution in [3.05, 3.63) is 59.7 Å². The minimum absolute atomic E-state index is 0.276. The van der Waals surface area contributed by atoms with E-state index in [0.717, 1.165) is 17.9 Å². The number of methoxy groups -OCH3 is 2. The zero-order valence-corrected chi connectivity index (χ0v) is 11.3. The van der Waals surface area contributed by atoms with Gasteiger partial charge in [-0.1, -0.05) is 24.3 Å². The van der Waals surface area contributed by atoms with Gasteiger partial charge in [-0.3, -0.25) is 0 Å². The van der Waals surface area contributed by atoms with Gasteiger partial charge in [0.15, 0.2) is 6.79 Å². The summed E-state index contributed by atoms with van der Waals surface area (Å²) >= 11 is 0. The number of hydrogen-bond acceptors (Lipinski definition) is 3. The monoisotopic (exact) mass is 258 g/mol. The van der Waals surface area contributed by atoms with Crippen LogP contribution < -0.4 is 9.47 Å². The van der Waals surface area contributed by atoms with E-state index in [9.17, 15) is 0 Å². The summed E-state index contributed by atoms with van der Waals surface area (Å²) < 4.78 is 15.4. The van der Waals surface area contributed by atoms with Crippen LogP contribution in [0.5, 0.6) is 11.5 Å². The molecule has 0 aromatic heterocycles. The van der Waals surface area contributed by atoms with E-state index in [4.69, 9.17) is 14.2 Å². The molecule has 0 saturated heterocycles. The normalized spacial score (nSPS) is 10.2. The van der Waals surface area contributed by atoms with Crippen LogP contribution in [0.4, 0.5) is 0 Å². The Bertz CT molecular complexity index is 488. The highest BCUT2D eigenvalue weighted by molar-refractivity contribution is 5.33. The molecule has 2 aromatic carbocycles. The van der Waals surface area contributed by atoms with Crippen molar-refractivity contribution in [3.63, 3.8) is 0 Å². The molecule has 0 spiro atoms. The first-order valence-corrected chi connectivity index (χ1v) is 6.15. The smallest absolute Gasteiger partial charge is 0.188 e. The molecule has 0 aliphatic rings. The zero-order chi connectivity index (χ0) is 13.5. The average molecular weight is 258 g/mol. The summed E-state index contributed by atoms with van der Waals surface area (Å²) in [6.07, 6.45) is 0.897. The summed E-state index contributed by atoms with van der Waals surface area (Å²) in [7, 11) is 3.28. The molecule has 0 heterocycles. The van der Waals surface area contributed by atoms with Gasteiger partial charge >= 0.3 is 0 Å². The highest BCUT2D eigenvalue weighted by atomic mass is 16.7. The van der Waals surface area contributed by atoms with Gasteiger partial charge in [0.25, 0.3) is 0 Å². The molecule has 3 heteroatoms. The Morgan fingerprint density at radius 3 is 1.74 bits per heavy atom. The maximum absolute atomic E-state index is 5.35. The van der Waals surface area contributed by atoms with E-state index in [1.54, 1.807) is 14.2 Å². The molecule has 0 saturated carbocycles. The Balaban J connectivity index is 1.98. The third-order valence-corrected chi connectivity index (χ3v) is 2.83.